The van der Waals surface area contributed by atoms with Crippen LogP contribution in [0.5, 0.6) is 0 Å². The van der Waals surface area contributed by atoms with E-state index >= 15 is 0 Å². The summed E-state index contributed by atoms with van der Waals surface area (Å²) in [7, 11) is 0. The second-order valence-corrected chi connectivity index (χ2v) is 3.49. The lowest BCUT2D eigenvalue weighted by Gasteiger charge is -2.28. The van der Waals surface area contributed by atoms with Gasteiger partial charge in [0.2, 0.25) is 0 Å². The second kappa shape index (κ2) is 6.19. The molecular weight excluding hydrogens is 200 g/mol. The average molecular weight is 216 g/mol. The smallest absolute Gasteiger partial charge is 0.0993 e. The van der Waals surface area contributed by atoms with Crippen LogP contribution in [0.15, 0.2) is 0 Å². The maximum atomic E-state index is 12.2. The lowest BCUT2D eigenvalue weighted by Crippen LogP contribution is -2.45. The molecule has 86 valence electrons. The third-order valence-corrected chi connectivity index (χ3v) is 2.23. The molecule has 0 bridgehead atoms. The molecule has 0 aliphatic rings. The number of unbranched alkanes of at least 4 members (excludes halogenated alkanes) is 3. The fourth-order valence-electron chi connectivity index (χ4n) is 1.11. The molecule has 0 aromatic rings. The minimum Gasteiger partial charge on any atom is -0.0993 e. The first kappa shape index (κ1) is 13.6. The van der Waals surface area contributed by atoms with Crippen molar-refractivity contribution < 1.29 is 17.9 Å². The van der Waals surface area contributed by atoms with Crippen LogP contribution in [0.4, 0.5) is 17.9 Å². The van der Waals surface area contributed by atoms with Gasteiger partial charge in [-0.25, -0.2) is 0 Å². The summed E-state index contributed by atoms with van der Waals surface area (Å²) >= 11 is 0. The van der Waals surface area contributed by atoms with E-state index in [4.69, 9.17) is 0 Å². The molecule has 0 aliphatic carbocycles. The maximum absolute atomic E-state index is 12.2. The van der Waals surface area contributed by atoms with Gasteiger partial charge in [0.15, 0.2) is 5.66 Å². The van der Waals surface area contributed by atoms with Gasteiger partial charge in [0.05, 0.1) is 0 Å². The zero-order chi connectivity index (χ0) is 11.2. The molecule has 0 aromatic carbocycles. The van der Waals surface area contributed by atoms with Crippen LogP contribution in [0.25, 0.3) is 0 Å². The van der Waals surface area contributed by atoms with Gasteiger partial charge in [-0.3, -0.25) is 0 Å². The molecule has 0 saturated heterocycles. The number of hydrogen-bond donors (Lipinski definition) is 0. The van der Waals surface area contributed by atoms with Crippen LogP contribution >= 0.6 is 0 Å². The Balaban J connectivity index is 3.98. The second-order valence-electron chi connectivity index (χ2n) is 3.49. The summed E-state index contributed by atoms with van der Waals surface area (Å²) in [6, 6.07) is 0. The minimum atomic E-state index is -2.45. The van der Waals surface area contributed by atoms with E-state index in [0.29, 0.717) is 12.8 Å². The van der Waals surface area contributed by atoms with Crippen LogP contribution in [-0.2, 0) is 0 Å². The summed E-state index contributed by atoms with van der Waals surface area (Å²) in [6.45, 7) is 2.78. The van der Waals surface area contributed by atoms with Crippen molar-refractivity contribution in [3.05, 3.63) is 0 Å². The van der Waals surface area contributed by atoms with Crippen molar-refractivity contribution in [1.82, 2.24) is 10.7 Å². The summed E-state index contributed by atoms with van der Waals surface area (Å²) in [5.41, 5.74) is -2.45. The highest BCUT2D eigenvalue weighted by atomic mass is 19.4. The molecule has 6 heteroatoms. The maximum Gasteiger partial charge on any atom is 0.193 e. The zero-order valence-corrected chi connectivity index (χ0v) is 8.44. The first-order valence-corrected chi connectivity index (χ1v) is 4.68. The van der Waals surface area contributed by atoms with E-state index in [2.05, 4.69) is 0 Å². The first-order valence-electron chi connectivity index (χ1n) is 4.68. The molecule has 0 amide bonds. The number of halogens is 4. The summed E-state index contributed by atoms with van der Waals surface area (Å²) in [4.78, 5) is 0. The van der Waals surface area contributed by atoms with Crippen molar-refractivity contribution in [2.75, 3.05) is 0 Å². The SMILES string of the molecule is CCCCCCC(C)(N(F)F)N(F)F. The van der Waals surface area contributed by atoms with Crippen LogP contribution in [0, 0.1) is 0 Å². The number of nitrogens with zero attached hydrogens (tertiary/aromatic N) is 2. The Kier molecular flexibility index (Phi) is 6.03. The van der Waals surface area contributed by atoms with Crippen LogP contribution < -0.4 is 0 Å². The van der Waals surface area contributed by atoms with Crippen molar-refractivity contribution in [2.45, 2.75) is 51.6 Å². The molecule has 0 atom stereocenters. The Morgan fingerprint density at radius 3 is 1.79 bits per heavy atom. The number of rotatable bonds is 7. The molecule has 0 heterocycles. The molecule has 0 aliphatic heterocycles. The van der Waals surface area contributed by atoms with Crippen molar-refractivity contribution in [1.29, 1.82) is 0 Å². The van der Waals surface area contributed by atoms with Crippen LogP contribution in [-0.4, -0.2) is 16.4 Å². The Labute approximate surface area is 81.2 Å². The lowest BCUT2D eigenvalue weighted by atomic mass is 10.0. The van der Waals surface area contributed by atoms with Gasteiger partial charge in [-0.05, 0) is 19.8 Å². The normalized spacial score (nSPS) is 12.9. The molecule has 0 N–H and O–H groups in total. The number of hydrogen-bond acceptors (Lipinski definition) is 2. The Morgan fingerprint density at radius 2 is 1.43 bits per heavy atom. The van der Waals surface area contributed by atoms with E-state index in [1.54, 1.807) is 0 Å². The molecule has 0 radical (unpaired) electrons. The predicted octanol–water partition coefficient (Wildman–Crippen LogP) is 3.82. The zero-order valence-electron chi connectivity index (χ0n) is 8.44. The summed E-state index contributed by atoms with van der Waals surface area (Å²) < 4.78 is 48.6. The molecule has 0 rings (SSSR count). The quantitative estimate of drug-likeness (QED) is 0.276. The van der Waals surface area contributed by atoms with Crippen LogP contribution in [0.1, 0.15) is 46.0 Å². The van der Waals surface area contributed by atoms with Gasteiger partial charge in [0.25, 0.3) is 0 Å². The standard InChI is InChI=1S/C8H16F4N2/c1-3-4-5-6-7-8(2,13(9)10)14(11)12/h3-7H2,1-2H3. The van der Waals surface area contributed by atoms with E-state index in [1.807, 2.05) is 6.92 Å². The molecule has 0 fully saturated rings. The monoisotopic (exact) mass is 216 g/mol. The van der Waals surface area contributed by atoms with Crippen molar-refractivity contribution >= 4 is 0 Å². The fourth-order valence-corrected chi connectivity index (χ4v) is 1.11. The summed E-state index contributed by atoms with van der Waals surface area (Å²) in [5.74, 6) is 0. The third kappa shape index (κ3) is 3.79. The summed E-state index contributed by atoms with van der Waals surface area (Å²) in [5, 5.41) is -2.86. The van der Waals surface area contributed by atoms with Crippen molar-refractivity contribution in [2.24, 2.45) is 0 Å². The van der Waals surface area contributed by atoms with E-state index < -0.39 is 16.4 Å². The molecule has 0 unspecified atom stereocenters. The summed E-state index contributed by atoms with van der Waals surface area (Å²) in [6.07, 6.45) is 2.66. The van der Waals surface area contributed by atoms with Gasteiger partial charge in [-0.2, -0.15) is 0 Å². The topological polar surface area (TPSA) is 6.48 Å². The first-order chi connectivity index (χ1) is 6.45. The highest BCUT2D eigenvalue weighted by Crippen LogP contribution is 2.28. The third-order valence-electron chi connectivity index (χ3n) is 2.23. The van der Waals surface area contributed by atoms with Crippen LogP contribution in [0.2, 0.25) is 0 Å². The van der Waals surface area contributed by atoms with Gasteiger partial charge < -0.3 is 0 Å². The molecular formula is C8H16F4N2. The van der Waals surface area contributed by atoms with Crippen LogP contribution in [0.3, 0.4) is 0 Å². The van der Waals surface area contributed by atoms with Gasteiger partial charge in [0.1, 0.15) is 0 Å². The van der Waals surface area contributed by atoms with E-state index in [9.17, 15) is 17.9 Å². The van der Waals surface area contributed by atoms with E-state index in [-0.39, 0.29) is 6.42 Å². The Bertz CT molecular complexity index is 144. The fraction of sp³-hybridized carbons (Fsp3) is 1.00. The minimum absolute atomic E-state index is 0.243. The molecule has 0 saturated carbocycles. The predicted molar refractivity (Wildman–Crippen MR) is 45.3 cm³/mol. The molecule has 14 heavy (non-hydrogen) atoms. The van der Waals surface area contributed by atoms with E-state index in [1.165, 1.54) is 0 Å². The Hall–Kier alpha value is -0.360. The van der Waals surface area contributed by atoms with Crippen molar-refractivity contribution in [3.8, 4) is 0 Å². The lowest BCUT2D eigenvalue weighted by molar-refractivity contribution is -0.367. The highest BCUT2D eigenvalue weighted by Gasteiger charge is 2.41. The van der Waals surface area contributed by atoms with Gasteiger partial charge in [0, 0.05) is 10.7 Å². The van der Waals surface area contributed by atoms with E-state index in [0.717, 1.165) is 19.8 Å². The molecule has 0 spiro atoms. The van der Waals surface area contributed by atoms with Gasteiger partial charge in [-0.15, -0.1) is 0 Å². The average Bonchev–Trinajstić information content (AvgIpc) is 2.11. The largest absolute Gasteiger partial charge is 0.193 e. The van der Waals surface area contributed by atoms with Gasteiger partial charge >= 0.3 is 0 Å². The highest BCUT2D eigenvalue weighted by molar-refractivity contribution is 4.70. The van der Waals surface area contributed by atoms with Gasteiger partial charge in [-0.1, -0.05) is 44.1 Å². The molecule has 0 aromatic heterocycles. The van der Waals surface area contributed by atoms with Crippen molar-refractivity contribution in [3.63, 3.8) is 0 Å². The molecule has 2 nitrogen and oxygen atoms in total. The Morgan fingerprint density at radius 1 is 0.929 bits per heavy atom.